The zero-order valence-electron chi connectivity index (χ0n) is 12.7. The molecule has 2 rings (SSSR count). The molecule has 2 unspecified atom stereocenters. The Hall–Kier alpha value is -1.02. The van der Waals surface area contributed by atoms with Crippen LogP contribution >= 0.6 is 0 Å². The van der Waals surface area contributed by atoms with Crippen molar-refractivity contribution < 1.29 is 0 Å². The normalized spacial score (nSPS) is 19.3. The fraction of sp³-hybridized carbons (Fsp3) is 0.647. The summed E-state index contributed by atoms with van der Waals surface area (Å²) >= 11 is 0. The number of benzene rings is 1. The summed E-state index contributed by atoms with van der Waals surface area (Å²) in [5, 5.41) is 3.71. The molecular formula is C17H28N2. The van der Waals surface area contributed by atoms with Gasteiger partial charge in [0.1, 0.15) is 0 Å². The zero-order valence-corrected chi connectivity index (χ0v) is 12.7. The van der Waals surface area contributed by atoms with Crippen LogP contribution in [0.15, 0.2) is 24.3 Å². The summed E-state index contributed by atoms with van der Waals surface area (Å²) in [7, 11) is 0. The summed E-state index contributed by atoms with van der Waals surface area (Å²) < 4.78 is 0. The maximum Gasteiger partial charge on any atom is 0.0388 e. The molecule has 0 aromatic heterocycles. The third-order valence-electron chi connectivity index (χ3n) is 4.49. The number of anilines is 1. The first-order chi connectivity index (χ1) is 9.20. The number of hydrogen-bond acceptors (Lipinski definition) is 2. The maximum absolute atomic E-state index is 3.71. The summed E-state index contributed by atoms with van der Waals surface area (Å²) in [6.45, 7) is 10.5. The molecule has 0 aliphatic carbocycles. The number of hydrogen-bond donors (Lipinski definition) is 1. The third-order valence-corrected chi connectivity index (χ3v) is 4.49. The van der Waals surface area contributed by atoms with Gasteiger partial charge in [-0.2, -0.15) is 0 Å². The summed E-state index contributed by atoms with van der Waals surface area (Å²) in [5.74, 6) is 0.708. The molecule has 0 amide bonds. The van der Waals surface area contributed by atoms with E-state index in [-0.39, 0.29) is 0 Å². The van der Waals surface area contributed by atoms with Gasteiger partial charge in [-0.3, -0.25) is 4.90 Å². The average molecular weight is 260 g/mol. The van der Waals surface area contributed by atoms with E-state index in [9.17, 15) is 0 Å². The molecule has 2 nitrogen and oxygen atoms in total. The Morgan fingerprint density at radius 3 is 2.53 bits per heavy atom. The molecule has 1 aromatic carbocycles. The summed E-state index contributed by atoms with van der Waals surface area (Å²) in [6, 6.07) is 9.32. The van der Waals surface area contributed by atoms with Gasteiger partial charge in [-0.15, -0.1) is 0 Å². The molecule has 0 radical (unpaired) electrons. The molecule has 1 aliphatic heterocycles. The highest BCUT2D eigenvalue weighted by atomic mass is 15.1. The highest BCUT2D eigenvalue weighted by molar-refractivity contribution is 5.51. The fourth-order valence-corrected chi connectivity index (χ4v) is 2.72. The lowest BCUT2D eigenvalue weighted by Gasteiger charge is -2.24. The second-order valence-electron chi connectivity index (χ2n) is 5.96. The molecule has 19 heavy (non-hydrogen) atoms. The zero-order chi connectivity index (χ0) is 13.7. The molecule has 0 spiro atoms. The minimum Gasteiger partial charge on any atom is -0.382 e. The number of para-hydroxylation sites is 1. The van der Waals surface area contributed by atoms with Gasteiger partial charge >= 0.3 is 0 Å². The Balaban J connectivity index is 2.02. The van der Waals surface area contributed by atoms with Gasteiger partial charge in [0.2, 0.25) is 0 Å². The van der Waals surface area contributed by atoms with E-state index in [4.69, 9.17) is 0 Å². The highest BCUT2D eigenvalue weighted by Gasteiger charge is 2.15. The van der Waals surface area contributed by atoms with Crippen LogP contribution in [0, 0.1) is 5.92 Å². The first kappa shape index (κ1) is 14.4. The largest absolute Gasteiger partial charge is 0.382 e. The van der Waals surface area contributed by atoms with Crippen molar-refractivity contribution in [3.8, 4) is 0 Å². The van der Waals surface area contributed by atoms with Crippen LogP contribution in [0.4, 0.5) is 5.69 Å². The lowest BCUT2D eigenvalue weighted by atomic mass is 10.00. The molecular weight excluding hydrogens is 232 g/mol. The SMILES string of the molecule is CCC(C)C(C)Nc1ccccc1CN1CCCC1. The summed E-state index contributed by atoms with van der Waals surface area (Å²) in [5.41, 5.74) is 2.77. The van der Waals surface area contributed by atoms with Crippen LogP contribution < -0.4 is 5.32 Å². The molecule has 1 heterocycles. The van der Waals surface area contributed by atoms with E-state index in [1.807, 2.05) is 0 Å². The second kappa shape index (κ2) is 6.95. The molecule has 1 saturated heterocycles. The lowest BCUT2D eigenvalue weighted by molar-refractivity contribution is 0.331. The Bertz CT molecular complexity index is 383. The van der Waals surface area contributed by atoms with Crippen molar-refractivity contribution >= 4 is 5.69 Å². The molecule has 0 bridgehead atoms. The van der Waals surface area contributed by atoms with E-state index in [2.05, 4.69) is 55.3 Å². The van der Waals surface area contributed by atoms with Gasteiger partial charge in [0.25, 0.3) is 0 Å². The van der Waals surface area contributed by atoms with Crippen molar-refractivity contribution in [2.45, 2.75) is 52.6 Å². The van der Waals surface area contributed by atoms with Gasteiger partial charge in [-0.25, -0.2) is 0 Å². The second-order valence-corrected chi connectivity index (χ2v) is 5.96. The number of nitrogens with zero attached hydrogens (tertiary/aromatic N) is 1. The standard InChI is InChI=1S/C17H28N2/c1-4-14(2)15(3)18-17-10-6-5-9-16(17)13-19-11-7-8-12-19/h5-6,9-10,14-15,18H,4,7-8,11-13H2,1-3H3. The quantitative estimate of drug-likeness (QED) is 0.827. The average Bonchev–Trinajstić information content (AvgIpc) is 2.93. The number of nitrogens with one attached hydrogen (secondary N) is 1. The molecule has 106 valence electrons. The van der Waals surface area contributed by atoms with E-state index in [0.717, 1.165) is 6.54 Å². The Morgan fingerprint density at radius 1 is 1.16 bits per heavy atom. The molecule has 0 saturated carbocycles. The van der Waals surface area contributed by atoms with Crippen molar-refractivity contribution in [2.24, 2.45) is 5.92 Å². The topological polar surface area (TPSA) is 15.3 Å². The van der Waals surface area contributed by atoms with E-state index in [1.165, 1.54) is 43.6 Å². The van der Waals surface area contributed by atoms with Crippen molar-refractivity contribution in [2.75, 3.05) is 18.4 Å². The Kier molecular flexibility index (Phi) is 5.26. The van der Waals surface area contributed by atoms with Crippen molar-refractivity contribution in [3.63, 3.8) is 0 Å². The lowest BCUT2D eigenvalue weighted by Crippen LogP contribution is -2.25. The predicted molar refractivity (Wildman–Crippen MR) is 83.5 cm³/mol. The van der Waals surface area contributed by atoms with Crippen LogP contribution in [-0.4, -0.2) is 24.0 Å². The first-order valence-corrected chi connectivity index (χ1v) is 7.77. The van der Waals surface area contributed by atoms with E-state index in [0.29, 0.717) is 12.0 Å². The van der Waals surface area contributed by atoms with Crippen LogP contribution in [0.5, 0.6) is 0 Å². The molecule has 1 aromatic rings. The first-order valence-electron chi connectivity index (χ1n) is 7.77. The van der Waals surface area contributed by atoms with Gasteiger partial charge in [0.15, 0.2) is 0 Å². The van der Waals surface area contributed by atoms with Gasteiger partial charge < -0.3 is 5.32 Å². The fourth-order valence-electron chi connectivity index (χ4n) is 2.72. The number of rotatable bonds is 6. The predicted octanol–water partition coefficient (Wildman–Crippen LogP) is 4.13. The van der Waals surface area contributed by atoms with Gasteiger partial charge in [0, 0.05) is 18.3 Å². The number of likely N-dealkylation sites (tertiary alicyclic amines) is 1. The molecule has 2 heteroatoms. The van der Waals surface area contributed by atoms with E-state index >= 15 is 0 Å². The minimum atomic E-state index is 0.532. The van der Waals surface area contributed by atoms with Crippen LogP contribution in [0.2, 0.25) is 0 Å². The molecule has 1 N–H and O–H groups in total. The van der Waals surface area contributed by atoms with Crippen LogP contribution in [-0.2, 0) is 6.54 Å². The smallest absolute Gasteiger partial charge is 0.0388 e. The molecule has 2 atom stereocenters. The third kappa shape index (κ3) is 3.97. The van der Waals surface area contributed by atoms with E-state index in [1.54, 1.807) is 0 Å². The van der Waals surface area contributed by atoms with E-state index < -0.39 is 0 Å². The Morgan fingerprint density at radius 2 is 1.84 bits per heavy atom. The monoisotopic (exact) mass is 260 g/mol. The van der Waals surface area contributed by atoms with Crippen molar-refractivity contribution in [1.29, 1.82) is 0 Å². The maximum atomic E-state index is 3.71. The summed E-state index contributed by atoms with van der Waals surface area (Å²) in [6.07, 6.45) is 3.94. The summed E-state index contributed by atoms with van der Waals surface area (Å²) in [4.78, 5) is 2.56. The van der Waals surface area contributed by atoms with Gasteiger partial charge in [0.05, 0.1) is 0 Å². The van der Waals surface area contributed by atoms with Gasteiger partial charge in [-0.05, 0) is 50.4 Å². The van der Waals surface area contributed by atoms with Gasteiger partial charge in [-0.1, -0.05) is 38.5 Å². The molecule has 1 fully saturated rings. The Labute approximate surface area is 118 Å². The van der Waals surface area contributed by atoms with Crippen LogP contribution in [0.25, 0.3) is 0 Å². The highest BCUT2D eigenvalue weighted by Crippen LogP contribution is 2.22. The van der Waals surface area contributed by atoms with Crippen LogP contribution in [0.3, 0.4) is 0 Å². The van der Waals surface area contributed by atoms with Crippen LogP contribution in [0.1, 0.15) is 45.6 Å². The minimum absolute atomic E-state index is 0.532. The van der Waals surface area contributed by atoms with Crippen molar-refractivity contribution in [1.82, 2.24) is 4.90 Å². The van der Waals surface area contributed by atoms with Crippen molar-refractivity contribution in [3.05, 3.63) is 29.8 Å². The molecule has 1 aliphatic rings.